The van der Waals surface area contributed by atoms with Crippen molar-refractivity contribution in [2.24, 2.45) is 34.3 Å². The normalized spacial score (nSPS) is 51.6. The Bertz CT molecular complexity index is 820. The fraction of sp³-hybridized carbons (Fsp3) is 0.893. The standard InChI is InChI=1S/C28H45NO5/c1-17-21(9-13-27(4)22(10-14-28(17,27)31)19-15-24(30)32-16-19)26(3)11-7-20(8-12-26)34-25-6-5-23(29)18(2)33-25/h15,17-18,20-23,25,31H,5-14,16,29H2,1-4H3/t17-,18?,20?,21?,22-,23-,25?,26?,27?,28+/m1/s1. The van der Waals surface area contributed by atoms with Gasteiger partial charge in [-0.1, -0.05) is 20.8 Å². The summed E-state index contributed by atoms with van der Waals surface area (Å²) in [5.74, 6) is 0.763. The molecule has 0 bridgehead atoms. The van der Waals surface area contributed by atoms with E-state index in [1.807, 2.05) is 6.92 Å². The molecule has 2 aliphatic heterocycles. The van der Waals surface area contributed by atoms with Gasteiger partial charge in [-0.3, -0.25) is 0 Å². The second kappa shape index (κ2) is 8.86. The first-order chi connectivity index (χ1) is 16.1. The Kier molecular flexibility index (Phi) is 6.45. The Morgan fingerprint density at radius 2 is 1.76 bits per heavy atom. The fourth-order valence-electron chi connectivity index (χ4n) is 8.63. The van der Waals surface area contributed by atoms with Crippen LogP contribution in [-0.2, 0) is 19.0 Å². The van der Waals surface area contributed by atoms with E-state index in [9.17, 15) is 9.90 Å². The summed E-state index contributed by atoms with van der Waals surface area (Å²) in [6.07, 6.45) is 12.1. The molecular weight excluding hydrogens is 430 g/mol. The Balaban J connectivity index is 1.23. The minimum atomic E-state index is -0.686. The second-order valence-corrected chi connectivity index (χ2v) is 12.7. The summed E-state index contributed by atoms with van der Waals surface area (Å²) in [6, 6.07) is 0.118. The van der Waals surface area contributed by atoms with Crippen LogP contribution in [0.1, 0.15) is 91.9 Å². The lowest BCUT2D eigenvalue weighted by Crippen LogP contribution is -2.58. The van der Waals surface area contributed by atoms with E-state index >= 15 is 0 Å². The van der Waals surface area contributed by atoms with Crippen LogP contribution in [0.2, 0.25) is 0 Å². The third-order valence-electron chi connectivity index (χ3n) is 11.1. The average Bonchev–Trinajstić information content (AvgIpc) is 3.34. The number of rotatable bonds is 4. The van der Waals surface area contributed by atoms with Crippen molar-refractivity contribution in [3.63, 3.8) is 0 Å². The number of carbonyl (C=O) groups is 1. The molecule has 0 aromatic heterocycles. The molecule has 1 saturated heterocycles. The summed E-state index contributed by atoms with van der Waals surface area (Å²) in [7, 11) is 0. The molecule has 0 radical (unpaired) electrons. The van der Waals surface area contributed by atoms with Gasteiger partial charge in [-0.2, -0.15) is 0 Å². The Hall–Kier alpha value is -0.950. The molecule has 5 rings (SSSR count). The summed E-state index contributed by atoms with van der Waals surface area (Å²) in [5, 5.41) is 12.2. The SMILES string of the molecule is CC1OC(OC2CCC(C)(C3CCC4(C)[C@@H](C5=CC(=O)OC5)CC[C@]4(O)[C@@H]3C)CC2)CC[C@H]1N. The monoisotopic (exact) mass is 475 g/mol. The van der Waals surface area contributed by atoms with E-state index in [0.717, 1.165) is 69.8 Å². The molecule has 34 heavy (non-hydrogen) atoms. The zero-order chi connectivity index (χ0) is 24.3. The van der Waals surface area contributed by atoms with Crippen LogP contribution < -0.4 is 5.73 Å². The van der Waals surface area contributed by atoms with Crippen LogP contribution in [0.4, 0.5) is 0 Å². The summed E-state index contributed by atoms with van der Waals surface area (Å²) < 4.78 is 17.6. The summed E-state index contributed by atoms with van der Waals surface area (Å²) in [5.41, 5.74) is 6.54. The van der Waals surface area contributed by atoms with E-state index in [0.29, 0.717) is 12.5 Å². The van der Waals surface area contributed by atoms with Crippen LogP contribution in [-0.4, -0.2) is 47.8 Å². The molecule has 0 spiro atoms. The Morgan fingerprint density at radius 3 is 2.41 bits per heavy atom. The van der Waals surface area contributed by atoms with E-state index in [1.165, 1.54) is 0 Å². The number of ether oxygens (including phenoxy) is 3. The van der Waals surface area contributed by atoms with E-state index in [4.69, 9.17) is 19.9 Å². The largest absolute Gasteiger partial charge is 0.458 e. The Morgan fingerprint density at radius 1 is 1.03 bits per heavy atom. The topological polar surface area (TPSA) is 91.0 Å². The maximum Gasteiger partial charge on any atom is 0.331 e. The summed E-state index contributed by atoms with van der Waals surface area (Å²) >= 11 is 0. The van der Waals surface area contributed by atoms with Crippen molar-refractivity contribution >= 4 is 5.97 Å². The zero-order valence-corrected chi connectivity index (χ0v) is 21.6. The van der Waals surface area contributed by atoms with E-state index < -0.39 is 5.60 Å². The van der Waals surface area contributed by atoms with Crippen molar-refractivity contribution in [2.75, 3.05) is 6.61 Å². The van der Waals surface area contributed by atoms with Crippen molar-refractivity contribution in [1.82, 2.24) is 0 Å². The number of cyclic esters (lactones) is 1. The van der Waals surface area contributed by atoms with Crippen LogP contribution in [0.3, 0.4) is 0 Å². The number of aliphatic hydroxyl groups is 1. The van der Waals surface area contributed by atoms with Crippen LogP contribution in [0.5, 0.6) is 0 Å². The van der Waals surface area contributed by atoms with Gasteiger partial charge in [-0.25, -0.2) is 4.79 Å². The van der Waals surface area contributed by atoms with Gasteiger partial charge in [0.05, 0.1) is 17.8 Å². The fourth-order valence-corrected chi connectivity index (χ4v) is 8.63. The zero-order valence-electron chi connectivity index (χ0n) is 21.6. The van der Waals surface area contributed by atoms with Gasteiger partial charge in [0.2, 0.25) is 0 Å². The third-order valence-corrected chi connectivity index (χ3v) is 11.1. The smallest absolute Gasteiger partial charge is 0.331 e. The lowest BCUT2D eigenvalue weighted by molar-refractivity contribution is -0.226. The van der Waals surface area contributed by atoms with Crippen molar-refractivity contribution in [3.05, 3.63) is 11.6 Å². The number of carbonyl (C=O) groups excluding carboxylic acids is 1. The molecule has 0 aromatic carbocycles. The first-order valence-electron chi connectivity index (χ1n) is 13.7. The van der Waals surface area contributed by atoms with Gasteiger partial charge < -0.3 is 25.1 Å². The summed E-state index contributed by atoms with van der Waals surface area (Å²) in [4.78, 5) is 11.7. The number of hydrogen-bond donors (Lipinski definition) is 2. The lowest BCUT2D eigenvalue weighted by atomic mass is 9.49. The highest BCUT2D eigenvalue weighted by molar-refractivity contribution is 5.85. The number of hydrogen-bond acceptors (Lipinski definition) is 6. The molecule has 192 valence electrons. The molecule has 3 saturated carbocycles. The van der Waals surface area contributed by atoms with Crippen molar-refractivity contribution in [3.8, 4) is 0 Å². The molecule has 6 nitrogen and oxygen atoms in total. The van der Waals surface area contributed by atoms with Crippen molar-refractivity contribution < 1.29 is 24.1 Å². The third kappa shape index (κ3) is 3.97. The minimum absolute atomic E-state index is 0.0608. The lowest BCUT2D eigenvalue weighted by Gasteiger charge is -2.58. The highest BCUT2D eigenvalue weighted by Crippen LogP contribution is 2.66. The molecule has 0 amide bonds. The first-order valence-corrected chi connectivity index (χ1v) is 13.7. The molecule has 4 unspecified atom stereocenters. The van der Waals surface area contributed by atoms with E-state index in [2.05, 4.69) is 20.8 Å². The maximum atomic E-state index is 12.2. The molecule has 0 aromatic rings. The molecule has 4 fully saturated rings. The highest BCUT2D eigenvalue weighted by Gasteiger charge is 2.64. The second-order valence-electron chi connectivity index (χ2n) is 12.7. The van der Waals surface area contributed by atoms with E-state index in [-0.39, 0.29) is 53.2 Å². The highest BCUT2D eigenvalue weighted by atomic mass is 16.7. The molecule has 3 N–H and O–H groups in total. The number of esters is 1. The van der Waals surface area contributed by atoms with Gasteiger partial charge in [-0.05, 0) is 99.9 Å². The maximum absolute atomic E-state index is 12.2. The van der Waals surface area contributed by atoms with Crippen LogP contribution >= 0.6 is 0 Å². The van der Waals surface area contributed by atoms with Gasteiger partial charge in [0.15, 0.2) is 6.29 Å². The van der Waals surface area contributed by atoms with Gasteiger partial charge in [-0.15, -0.1) is 0 Å². The van der Waals surface area contributed by atoms with Crippen LogP contribution in [0, 0.1) is 28.6 Å². The number of nitrogens with two attached hydrogens (primary N) is 1. The quantitative estimate of drug-likeness (QED) is 0.583. The molecule has 6 heteroatoms. The molecule has 8 atom stereocenters. The predicted octanol–water partition coefficient (Wildman–Crippen LogP) is 4.48. The van der Waals surface area contributed by atoms with Crippen LogP contribution in [0.15, 0.2) is 11.6 Å². The van der Waals surface area contributed by atoms with Crippen LogP contribution in [0.25, 0.3) is 0 Å². The van der Waals surface area contributed by atoms with Crippen molar-refractivity contribution in [1.29, 1.82) is 0 Å². The molecule has 2 heterocycles. The molecular formula is C28H45NO5. The van der Waals surface area contributed by atoms with Gasteiger partial charge in [0, 0.05) is 17.5 Å². The van der Waals surface area contributed by atoms with Gasteiger partial charge >= 0.3 is 5.97 Å². The Labute approximate surface area is 205 Å². The molecule has 5 aliphatic rings. The summed E-state index contributed by atoms with van der Waals surface area (Å²) in [6.45, 7) is 9.46. The first kappa shape index (κ1) is 24.7. The minimum Gasteiger partial charge on any atom is -0.458 e. The molecule has 3 aliphatic carbocycles. The number of fused-ring (bicyclic) bond motifs is 1. The van der Waals surface area contributed by atoms with E-state index in [1.54, 1.807) is 6.08 Å². The van der Waals surface area contributed by atoms with Gasteiger partial charge in [0.1, 0.15) is 6.61 Å². The predicted molar refractivity (Wildman–Crippen MR) is 130 cm³/mol. The van der Waals surface area contributed by atoms with Crippen molar-refractivity contribution in [2.45, 2.75) is 122 Å². The average molecular weight is 476 g/mol. The van der Waals surface area contributed by atoms with Gasteiger partial charge in [0.25, 0.3) is 0 Å².